The Morgan fingerprint density at radius 1 is 1.12 bits per heavy atom. The average molecular weight is 347 g/mol. The number of hydrogen-bond acceptors (Lipinski definition) is 3. The number of carbonyl (C=O) groups is 1. The summed E-state index contributed by atoms with van der Waals surface area (Å²) >= 11 is 0. The third-order valence-corrected chi connectivity index (χ3v) is 4.47. The van der Waals surface area contributed by atoms with Gasteiger partial charge < -0.3 is 14.3 Å². The Labute approximate surface area is 151 Å². The average Bonchev–Trinajstić information content (AvgIpc) is 3.22. The van der Waals surface area contributed by atoms with Gasteiger partial charge in [-0.2, -0.15) is 0 Å². The number of amides is 1. The SMILES string of the molecule is CCc1nc2ccccc2n1CC(=O)NCCc1cn2ccccc2n1. The van der Waals surface area contributed by atoms with Gasteiger partial charge in [-0.1, -0.05) is 25.1 Å². The molecule has 6 nitrogen and oxygen atoms in total. The van der Waals surface area contributed by atoms with Gasteiger partial charge >= 0.3 is 0 Å². The lowest BCUT2D eigenvalue weighted by Gasteiger charge is -2.08. The van der Waals surface area contributed by atoms with E-state index in [2.05, 4.69) is 22.2 Å². The largest absolute Gasteiger partial charge is 0.354 e. The second-order valence-electron chi connectivity index (χ2n) is 6.25. The number of imidazole rings is 2. The summed E-state index contributed by atoms with van der Waals surface area (Å²) in [4.78, 5) is 21.6. The number of nitrogens with one attached hydrogen (secondary N) is 1. The number of carbonyl (C=O) groups excluding carboxylic acids is 1. The molecule has 4 aromatic rings. The molecule has 0 aliphatic carbocycles. The van der Waals surface area contributed by atoms with E-state index in [1.54, 1.807) is 0 Å². The van der Waals surface area contributed by atoms with Crippen molar-refractivity contribution in [2.45, 2.75) is 26.3 Å². The fourth-order valence-corrected chi connectivity index (χ4v) is 3.21. The number of para-hydroxylation sites is 2. The molecule has 1 N–H and O–H groups in total. The Hall–Kier alpha value is -3.15. The van der Waals surface area contributed by atoms with Gasteiger partial charge in [0.15, 0.2) is 0 Å². The van der Waals surface area contributed by atoms with Crippen LogP contribution in [-0.2, 0) is 24.2 Å². The molecule has 3 aromatic heterocycles. The Balaban J connectivity index is 1.40. The van der Waals surface area contributed by atoms with Gasteiger partial charge in [0.1, 0.15) is 18.0 Å². The molecule has 0 fully saturated rings. The molecule has 0 saturated carbocycles. The van der Waals surface area contributed by atoms with Crippen molar-refractivity contribution < 1.29 is 4.79 Å². The lowest BCUT2D eigenvalue weighted by atomic mass is 10.3. The molecule has 3 heterocycles. The van der Waals surface area contributed by atoms with Crippen LogP contribution in [0.25, 0.3) is 16.7 Å². The van der Waals surface area contributed by atoms with Crippen LogP contribution in [0, 0.1) is 0 Å². The smallest absolute Gasteiger partial charge is 0.240 e. The summed E-state index contributed by atoms with van der Waals surface area (Å²) in [7, 11) is 0. The van der Waals surface area contributed by atoms with Crippen molar-refractivity contribution in [3.05, 3.63) is 66.4 Å². The zero-order valence-electron chi connectivity index (χ0n) is 14.7. The van der Waals surface area contributed by atoms with E-state index in [9.17, 15) is 4.79 Å². The summed E-state index contributed by atoms with van der Waals surface area (Å²) in [6, 6.07) is 13.8. The van der Waals surface area contributed by atoms with E-state index in [0.717, 1.165) is 34.6 Å². The second-order valence-corrected chi connectivity index (χ2v) is 6.25. The Morgan fingerprint density at radius 3 is 2.81 bits per heavy atom. The van der Waals surface area contributed by atoms with E-state index in [1.165, 1.54) is 0 Å². The zero-order chi connectivity index (χ0) is 17.9. The van der Waals surface area contributed by atoms with Gasteiger partial charge in [-0.15, -0.1) is 0 Å². The summed E-state index contributed by atoms with van der Waals surface area (Å²) in [5.74, 6) is 0.924. The normalized spacial score (nSPS) is 11.3. The zero-order valence-corrected chi connectivity index (χ0v) is 14.7. The first-order valence-electron chi connectivity index (χ1n) is 8.88. The highest BCUT2D eigenvalue weighted by Gasteiger charge is 2.12. The van der Waals surface area contributed by atoms with Crippen LogP contribution >= 0.6 is 0 Å². The maximum Gasteiger partial charge on any atom is 0.240 e. The van der Waals surface area contributed by atoms with Crippen molar-refractivity contribution in [2.75, 3.05) is 6.54 Å². The molecule has 6 heteroatoms. The lowest BCUT2D eigenvalue weighted by molar-refractivity contribution is -0.121. The molecule has 0 radical (unpaired) electrons. The molecule has 0 unspecified atom stereocenters. The number of nitrogens with zero attached hydrogens (tertiary/aromatic N) is 4. The maximum absolute atomic E-state index is 12.4. The highest BCUT2D eigenvalue weighted by molar-refractivity contribution is 5.81. The van der Waals surface area contributed by atoms with Crippen LogP contribution in [0.3, 0.4) is 0 Å². The molecule has 132 valence electrons. The van der Waals surface area contributed by atoms with Crippen molar-refractivity contribution >= 4 is 22.6 Å². The van der Waals surface area contributed by atoms with Crippen LogP contribution in [0.4, 0.5) is 0 Å². The van der Waals surface area contributed by atoms with Crippen LogP contribution in [0.5, 0.6) is 0 Å². The van der Waals surface area contributed by atoms with Crippen molar-refractivity contribution in [3.8, 4) is 0 Å². The molecule has 1 amide bonds. The molecular formula is C20H21N5O. The van der Waals surface area contributed by atoms with E-state index in [0.29, 0.717) is 13.0 Å². The van der Waals surface area contributed by atoms with Gasteiger partial charge in [-0.25, -0.2) is 9.97 Å². The van der Waals surface area contributed by atoms with E-state index in [-0.39, 0.29) is 12.5 Å². The van der Waals surface area contributed by atoms with Crippen molar-refractivity contribution in [2.24, 2.45) is 0 Å². The first-order chi connectivity index (χ1) is 12.7. The van der Waals surface area contributed by atoms with E-state index in [4.69, 9.17) is 0 Å². The predicted molar refractivity (Wildman–Crippen MR) is 101 cm³/mol. The molecule has 0 aliphatic heterocycles. The number of benzene rings is 1. The molecule has 1 aromatic carbocycles. The minimum absolute atomic E-state index is 0.00776. The topological polar surface area (TPSA) is 64.2 Å². The molecule has 0 saturated heterocycles. The molecule has 0 bridgehead atoms. The highest BCUT2D eigenvalue weighted by Crippen LogP contribution is 2.16. The van der Waals surface area contributed by atoms with E-state index in [1.807, 2.05) is 63.8 Å². The number of rotatable bonds is 6. The Kier molecular flexibility index (Phi) is 4.39. The van der Waals surface area contributed by atoms with Crippen LogP contribution in [0.2, 0.25) is 0 Å². The summed E-state index contributed by atoms with van der Waals surface area (Å²) in [6.45, 7) is 2.91. The number of fused-ring (bicyclic) bond motifs is 2. The Bertz CT molecular complexity index is 1030. The van der Waals surface area contributed by atoms with Crippen LogP contribution in [0.15, 0.2) is 54.9 Å². The number of hydrogen-bond donors (Lipinski definition) is 1. The molecule has 4 rings (SSSR count). The summed E-state index contributed by atoms with van der Waals surface area (Å²) in [6.07, 6.45) is 5.48. The van der Waals surface area contributed by atoms with Gasteiger partial charge in [-0.3, -0.25) is 4.79 Å². The highest BCUT2D eigenvalue weighted by atomic mass is 16.1. The molecule has 0 aliphatic rings. The van der Waals surface area contributed by atoms with Crippen molar-refractivity contribution in [1.82, 2.24) is 24.3 Å². The first kappa shape index (κ1) is 16.3. The minimum atomic E-state index is -0.00776. The molecule has 26 heavy (non-hydrogen) atoms. The summed E-state index contributed by atoms with van der Waals surface area (Å²) in [5, 5.41) is 2.99. The van der Waals surface area contributed by atoms with Gasteiger partial charge in [-0.05, 0) is 24.3 Å². The quantitative estimate of drug-likeness (QED) is 0.583. The van der Waals surface area contributed by atoms with Gasteiger partial charge in [0, 0.05) is 31.8 Å². The predicted octanol–water partition coefficient (Wildman–Crippen LogP) is 2.61. The second kappa shape index (κ2) is 7.00. The third-order valence-electron chi connectivity index (χ3n) is 4.47. The van der Waals surface area contributed by atoms with Crippen molar-refractivity contribution in [1.29, 1.82) is 0 Å². The molecule has 0 spiro atoms. The standard InChI is InChI=1S/C20H21N5O/c1-2-18-23-16-7-3-4-8-17(16)25(18)14-20(26)21-11-10-15-13-24-12-6-5-9-19(24)22-15/h3-9,12-13H,2,10-11,14H2,1H3,(H,21,26). The molecule has 0 atom stereocenters. The number of aromatic nitrogens is 4. The Morgan fingerprint density at radius 2 is 1.96 bits per heavy atom. The number of pyridine rings is 1. The van der Waals surface area contributed by atoms with E-state index < -0.39 is 0 Å². The van der Waals surface area contributed by atoms with Gasteiger partial charge in [0.05, 0.1) is 16.7 Å². The lowest BCUT2D eigenvalue weighted by Crippen LogP contribution is -2.30. The van der Waals surface area contributed by atoms with Crippen LogP contribution in [-0.4, -0.2) is 31.4 Å². The van der Waals surface area contributed by atoms with Gasteiger partial charge in [0.2, 0.25) is 5.91 Å². The van der Waals surface area contributed by atoms with E-state index >= 15 is 0 Å². The fraction of sp³-hybridized carbons (Fsp3) is 0.250. The van der Waals surface area contributed by atoms with Crippen LogP contribution in [0.1, 0.15) is 18.4 Å². The number of aryl methyl sites for hydroxylation is 1. The van der Waals surface area contributed by atoms with Crippen LogP contribution < -0.4 is 5.32 Å². The third kappa shape index (κ3) is 3.18. The fourth-order valence-electron chi connectivity index (χ4n) is 3.21. The van der Waals surface area contributed by atoms with Gasteiger partial charge in [0.25, 0.3) is 0 Å². The minimum Gasteiger partial charge on any atom is -0.354 e. The summed E-state index contributed by atoms with van der Waals surface area (Å²) in [5.41, 5.74) is 3.83. The first-order valence-corrected chi connectivity index (χ1v) is 8.88. The monoisotopic (exact) mass is 347 g/mol. The summed E-state index contributed by atoms with van der Waals surface area (Å²) < 4.78 is 3.98. The maximum atomic E-state index is 12.4. The molecular weight excluding hydrogens is 326 g/mol. The van der Waals surface area contributed by atoms with Crippen molar-refractivity contribution in [3.63, 3.8) is 0 Å².